The summed E-state index contributed by atoms with van der Waals surface area (Å²) in [6, 6.07) is 0. The van der Waals surface area contributed by atoms with Gasteiger partial charge in [0.2, 0.25) is 0 Å². The fraction of sp³-hybridized carbons (Fsp3) is 0.800. The molecule has 0 amide bonds. The van der Waals surface area contributed by atoms with Crippen LogP contribution in [-0.2, 0) is 24.6 Å². The summed E-state index contributed by atoms with van der Waals surface area (Å²) in [6.07, 6.45) is 0.826. The van der Waals surface area contributed by atoms with Gasteiger partial charge in [-0.2, -0.15) is 8.42 Å². The van der Waals surface area contributed by atoms with Crippen LogP contribution in [0.25, 0.3) is 0 Å². The van der Waals surface area contributed by atoms with Crippen LogP contribution >= 0.6 is 0 Å². The Labute approximate surface area is 107 Å². The van der Waals surface area contributed by atoms with Gasteiger partial charge in [0.25, 0.3) is 10.1 Å². The molecule has 0 aliphatic carbocycles. The number of rotatable bonds is 11. The highest BCUT2D eigenvalue weighted by molar-refractivity contribution is 7.86. The Morgan fingerprint density at radius 1 is 1.33 bits per heavy atom. The van der Waals surface area contributed by atoms with Gasteiger partial charge in [-0.25, -0.2) is 9.78 Å². The molecule has 0 saturated heterocycles. The van der Waals surface area contributed by atoms with E-state index >= 15 is 0 Å². The van der Waals surface area contributed by atoms with Gasteiger partial charge in [0.05, 0.1) is 25.1 Å². The minimum absolute atomic E-state index is 0.00118. The number of hydrogen-bond donors (Lipinski definition) is 2. The van der Waals surface area contributed by atoms with Crippen LogP contribution in [0.5, 0.6) is 0 Å². The molecule has 0 fully saturated rings. The monoisotopic (exact) mass is 284 g/mol. The third-order valence-electron chi connectivity index (χ3n) is 2.01. The van der Waals surface area contributed by atoms with Crippen LogP contribution in [0.1, 0.15) is 13.3 Å². The first-order valence-corrected chi connectivity index (χ1v) is 6.95. The van der Waals surface area contributed by atoms with E-state index in [1.54, 1.807) is 6.08 Å². The number of aliphatic hydroxyl groups excluding tert-OH is 1. The SMILES string of the molecule is C=CCOCC(O)COOCCC(C)S(=O)(=O)O. The molecule has 2 atom stereocenters. The first kappa shape index (κ1) is 17.5. The van der Waals surface area contributed by atoms with E-state index in [1.807, 2.05) is 0 Å². The van der Waals surface area contributed by atoms with Gasteiger partial charge in [-0.1, -0.05) is 6.08 Å². The molecular weight excluding hydrogens is 264 g/mol. The average molecular weight is 284 g/mol. The van der Waals surface area contributed by atoms with Gasteiger partial charge < -0.3 is 9.84 Å². The predicted octanol–water partition coefficient (Wildman–Crippen LogP) is 0.165. The molecule has 0 aliphatic heterocycles. The van der Waals surface area contributed by atoms with Crippen molar-refractivity contribution in [3.8, 4) is 0 Å². The Morgan fingerprint density at radius 3 is 2.56 bits per heavy atom. The van der Waals surface area contributed by atoms with Crippen molar-refractivity contribution in [1.82, 2.24) is 0 Å². The van der Waals surface area contributed by atoms with E-state index in [0.717, 1.165) is 0 Å². The Balaban J connectivity index is 3.48. The molecule has 8 heteroatoms. The van der Waals surface area contributed by atoms with Crippen molar-refractivity contribution in [3.05, 3.63) is 12.7 Å². The summed E-state index contributed by atoms with van der Waals surface area (Å²) < 4.78 is 34.9. The Bertz CT molecular complexity index is 314. The number of aliphatic hydroxyl groups is 1. The van der Waals surface area contributed by atoms with Crippen LogP contribution in [0.4, 0.5) is 0 Å². The van der Waals surface area contributed by atoms with E-state index in [-0.39, 0.29) is 26.2 Å². The maximum atomic E-state index is 10.6. The van der Waals surface area contributed by atoms with E-state index in [9.17, 15) is 13.5 Å². The maximum Gasteiger partial charge on any atom is 0.267 e. The fourth-order valence-corrected chi connectivity index (χ4v) is 1.28. The van der Waals surface area contributed by atoms with Crippen molar-refractivity contribution >= 4 is 10.1 Å². The third kappa shape index (κ3) is 9.51. The van der Waals surface area contributed by atoms with Crippen LogP contribution in [-0.4, -0.2) is 55.9 Å². The molecule has 0 saturated carbocycles. The fourth-order valence-electron chi connectivity index (χ4n) is 0.884. The molecule has 0 spiro atoms. The van der Waals surface area contributed by atoms with Crippen molar-refractivity contribution in [2.24, 2.45) is 0 Å². The quantitative estimate of drug-likeness (QED) is 0.183. The summed E-state index contributed by atoms with van der Waals surface area (Å²) in [4.78, 5) is 9.32. The lowest BCUT2D eigenvalue weighted by Gasteiger charge is -2.11. The van der Waals surface area contributed by atoms with Gasteiger partial charge >= 0.3 is 0 Å². The zero-order chi connectivity index (χ0) is 14.0. The van der Waals surface area contributed by atoms with Crippen molar-refractivity contribution in [1.29, 1.82) is 0 Å². The predicted molar refractivity (Wildman–Crippen MR) is 64.6 cm³/mol. The normalized spacial score (nSPS) is 15.3. The van der Waals surface area contributed by atoms with E-state index in [0.29, 0.717) is 6.61 Å². The largest absolute Gasteiger partial charge is 0.388 e. The van der Waals surface area contributed by atoms with Gasteiger partial charge in [0, 0.05) is 0 Å². The Hall–Kier alpha value is -0.510. The lowest BCUT2D eigenvalue weighted by Crippen LogP contribution is -2.23. The third-order valence-corrected chi connectivity index (χ3v) is 3.26. The van der Waals surface area contributed by atoms with Crippen LogP contribution in [0.3, 0.4) is 0 Å². The van der Waals surface area contributed by atoms with Gasteiger partial charge in [-0.05, 0) is 13.3 Å². The summed E-state index contributed by atoms with van der Waals surface area (Å²) in [5.41, 5.74) is 0. The molecule has 0 radical (unpaired) electrons. The van der Waals surface area contributed by atoms with Gasteiger partial charge in [0.15, 0.2) is 0 Å². The summed E-state index contributed by atoms with van der Waals surface area (Å²) in [7, 11) is -4.04. The molecule has 0 rings (SSSR count). The average Bonchev–Trinajstić information content (AvgIpc) is 2.27. The van der Waals surface area contributed by atoms with E-state index in [1.165, 1.54) is 6.92 Å². The van der Waals surface area contributed by atoms with E-state index in [2.05, 4.69) is 16.4 Å². The Morgan fingerprint density at radius 2 is 2.00 bits per heavy atom. The highest BCUT2D eigenvalue weighted by atomic mass is 32.2. The Kier molecular flexibility index (Phi) is 9.16. The molecule has 108 valence electrons. The van der Waals surface area contributed by atoms with Crippen LogP contribution in [0.2, 0.25) is 0 Å². The second-order valence-corrected chi connectivity index (χ2v) is 5.54. The first-order valence-electron chi connectivity index (χ1n) is 5.45. The molecule has 0 bridgehead atoms. The second kappa shape index (κ2) is 9.42. The van der Waals surface area contributed by atoms with Crippen molar-refractivity contribution in [2.45, 2.75) is 24.7 Å². The van der Waals surface area contributed by atoms with Gasteiger partial charge in [-0.15, -0.1) is 6.58 Å². The topological polar surface area (TPSA) is 102 Å². The first-order chi connectivity index (χ1) is 8.38. The zero-order valence-electron chi connectivity index (χ0n) is 10.3. The summed E-state index contributed by atoms with van der Waals surface area (Å²) in [5, 5.41) is 8.40. The van der Waals surface area contributed by atoms with Crippen LogP contribution in [0.15, 0.2) is 12.7 Å². The minimum atomic E-state index is -4.04. The standard InChI is InChI=1S/C10H20O7S/c1-3-5-15-7-10(11)8-17-16-6-4-9(2)18(12,13)14/h3,9-11H,1,4-8H2,2H3,(H,12,13,14). The van der Waals surface area contributed by atoms with Gasteiger partial charge in [0.1, 0.15) is 12.7 Å². The van der Waals surface area contributed by atoms with Crippen LogP contribution < -0.4 is 0 Å². The molecule has 0 aliphatic rings. The lowest BCUT2D eigenvalue weighted by atomic mass is 10.3. The summed E-state index contributed by atoms with van der Waals surface area (Å²) in [5.74, 6) is 0. The van der Waals surface area contributed by atoms with Crippen molar-refractivity contribution in [3.63, 3.8) is 0 Å². The zero-order valence-corrected chi connectivity index (χ0v) is 11.1. The van der Waals surface area contributed by atoms with E-state index < -0.39 is 21.5 Å². The summed E-state index contributed by atoms with van der Waals surface area (Å²) >= 11 is 0. The molecule has 0 aromatic rings. The second-order valence-electron chi connectivity index (χ2n) is 3.70. The molecule has 2 unspecified atom stereocenters. The molecule has 0 heterocycles. The van der Waals surface area contributed by atoms with Crippen molar-refractivity contribution < 1.29 is 32.6 Å². The highest BCUT2D eigenvalue weighted by Crippen LogP contribution is 2.03. The smallest absolute Gasteiger partial charge is 0.267 e. The molecule has 0 aromatic heterocycles. The highest BCUT2D eigenvalue weighted by Gasteiger charge is 2.16. The lowest BCUT2D eigenvalue weighted by molar-refractivity contribution is -0.306. The number of hydrogen-bond acceptors (Lipinski definition) is 6. The molecule has 18 heavy (non-hydrogen) atoms. The van der Waals surface area contributed by atoms with Crippen molar-refractivity contribution in [2.75, 3.05) is 26.4 Å². The molecular formula is C10H20O7S. The minimum Gasteiger partial charge on any atom is -0.388 e. The molecule has 0 aromatic carbocycles. The molecule has 7 nitrogen and oxygen atoms in total. The number of ether oxygens (including phenoxy) is 1. The maximum absolute atomic E-state index is 10.6. The van der Waals surface area contributed by atoms with Gasteiger partial charge in [-0.3, -0.25) is 4.55 Å². The summed E-state index contributed by atoms with van der Waals surface area (Å²) in [6.45, 7) is 5.15. The van der Waals surface area contributed by atoms with Crippen LogP contribution in [0, 0.1) is 0 Å². The molecule has 2 N–H and O–H groups in total. The van der Waals surface area contributed by atoms with E-state index in [4.69, 9.17) is 9.29 Å².